The van der Waals surface area contributed by atoms with Gasteiger partial charge in [0.25, 0.3) is 0 Å². The van der Waals surface area contributed by atoms with Crippen LogP contribution in [0.3, 0.4) is 0 Å². The van der Waals surface area contributed by atoms with Gasteiger partial charge in [-0.1, -0.05) is 19.3 Å². The van der Waals surface area contributed by atoms with Crippen molar-refractivity contribution in [1.29, 1.82) is 0 Å². The summed E-state index contributed by atoms with van der Waals surface area (Å²) < 4.78 is 1.93. The maximum absolute atomic E-state index is 12.7. The van der Waals surface area contributed by atoms with E-state index in [2.05, 4.69) is 20.7 Å². The Balaban J connectivity index is 0.00000261. The number of hydrogen-bond donors (Lipinski definition) is 2. The second-order valence-corrected chi connectivity index (χ2v) is 7.53. The average molecular weight is 488 g/mol. The van der Waals surface area contributed by atoms with E-state index in [0.717, 1.165) is 51.4 Å². The van der Waals surface area contributed by atoms with Crippen molar-refractivity contribution in [3.05, 3.63) is 18.0 Å². The summed E-state index contributed by atoms with van der Waals surface area (Å²) in [4.78, 5) is 19.0. The number of amides is 1. The highest BCUT2D eigenvalue weighted by Gasteiger charge is 2.31. The molecular weight excluding hydrogens is 455 g/mol. The summed E-state index contributed by atoms with van der Waals surface area (Å²) in [7, 11) is 1.79. The quantitative estimate of drug-likeness (QED) is 0.379. The number of hydrogen-bond acceptors (Lipinski definition) is 3. The minimum atomic E-state index is 0. The molecule has 27 heavy (non-hydrogen) atoms. The first kappa shape index (κ1) is 22.0. The van der Waals surface area contributed by atoms with Crippen LogP contribution in [0, 0.1) is 12.8 Å². The van der Waals surface area contributed by atoms with Gasteiger partial charge >= 0.3 is 0 Å². The summed E-state index contributed by atoms with van der Waals surface area (Å²) in [6, 6.07) is 0.278. The maximum atomic E-state index is 12.7. The van der Waals surface area contributed by atoms with Gasteiger partial charge in [-0.05, 0) is 31.7 Å². The molecule has 1 aliphatic heterocycles. The number of nitrogens with zero attached hydrogens (tertiary/aromatic N) is 4. The number of carbonyl (C=O) groups excluding carboxylic acids is 1. The van der Waals surface area contributed by atoms with Crippen LogP contribution in [0.2, 0.25) is 0 Å². The molecule has 1 unspecified atom stereocenters. The Labute approximate surface area is 179 Å². The predicted molar refractivity (Wildman–Crippen MR) is 118 cm³/mol. The molecule has 0 bridgehead atoms. The normalized spacial score (nSPS) is 21.0. The van der Waals surface area contributed by atoms with Gasteiger partial charge in [-0.3, -0.25) is 14.5 Å². The van der Waals surface area contributed by atoms with Crippen LogP contribution in [0.5, 0.6) is 0 Å². The molecule has 2 aliphatic rings. The highest BCUT2D eigenvalue weighted by atomic mass is 127. The lowest BCUT2D eigenvalue weighted by Gasteiger charge is -2.26. The number of aliphatic imine (C=N–C) groups is 1. The van der Waals surface area contributed by atoms with Crippen LogP contribution >= 0.6 is 24.0 Å². The Hall–Kier alpha value is -1.32. The topological polar surface area (TPSA) is 74.6 Å². The van der Waals surface area contributed by atoms with E-state index in [1.54, 1.807) is 7.05 Å². The van der Waals surface area contributed by atoms with Gasteiger partial charge in [0.05, 0.1) is 12.7 Å². The molecule has 7 nitrogen and oxygen atoms in total. The molecule has 152 valence electrons. The van der Waals surface area contributed by atoms with Crippen molar-refractivity contribution in [3.8, 4) is 0 Å². The average Bonchev–Trinajstić information content (AvgIpc) is 3.30. The van der Waals surface area contributed by atoms with E-state index in [1.807, 2.05) is 28.9 Å². The molecule has 8 heteroatoms. The van der Waals surface area contributed by atoms with Gasteiger partial charge in [0.1, 0.15) is 0 Å². The van der Waals surface area contributed by atoms with Crippen LogP contribution in [0.1, 0.15) is 44.1 Å². The fourth-order valence-electron chi connectivity index (χ4n) is 3.95. The summed E-state index contributed by atoms with van der Waals surface area (Å²) in [5, 5.41) is 11.1. The Kier molecular flexibility index (Phi) is 8.85. The summed E-state index contributed by atoms with van der Waals surface area (Å²) in [5.74, 6) is 1.43. The van der Waals surface area contributed by atoms with Gasteiger partial charge in [-0.25, -0.2) is 0 Å². The van der Waals surface area contributed by atoms with E-state index in [9.17, 15) is 4.79 Å². The lowest BCUT2D eigenvalue weighted by molar-refractivity contribution is -0.135. The van der Waals surface area contributed by atoms with Crippen LogP contribution < -0.4 is 10.6 Å². The molecule has 1 aromatic rings. The zero-order chi connectivity index (χ0) is 18.4. The van der Waals surface area contributed by atoms with Crippen LogP contribution in [-0.2, 0) is 11.3 Å². The van der Waals surface area contributed by atoms with Crippen LogP contribution in [-0.4, -0.2) is 59.3 Å². The SMILES string of the molecule is CN=C(NCCn1cc(C)cn1)NC1CCN(C(=O)C2CCCCC2)C1.I. The maximum Gasteiger partial charge on any atom is 0.225 e. The Morgan fingerprint density at radius 2 is 2.07 bits per heavy atom. The van der Waals surface area contributed by atoms with Crippen molar-refractivity contribution < 1.29 is 4.79 Å². The van der Waals surface area contributed by atoms with Crippen molar-refractivity contribution in [3.63, 3.8) is 0 Å². The van der Waals surface area contributed by atoms with Crippen molar-refractivity contribution in [1.82, 2.24) is 25.3 Å². The molecule has 0 aromatic carbocycles. The Morgan fingerprint density at radius 1 is 1.30 bits per heavy atom. The number of rotatable bonds is 5. The molecule has 2 N–H and O–H groups in total. The van der Waals surface area contributed by atoms with Gasteiger partial charge in [0, 0.05) is 44.8 Å². The van der Waals surface area contributed by atoms with Crippen molar-refractivity contribution >= 4 is 35.8 Å². The molecular formula is C19H33IN6O. The minimum absolute atomic E-state index is 0. The van der Waals surface area contributed by atoms with Crippen molar-refractivity contribution in [2.75, 3.05) is 26.7 Å². The molecule has 1 aromatic heterocycles. The van der Waals surface area contributed by atoms with Gasteiger partial charge in [0.15, 0.2) is 5.96 Å². The molecule has 1 saturated carbocycles. The number of aromatic nitrogens is 2. The van der Waals surface area contributed by atoms with E-state index >= 15 is 0 Å². The molecule has 1 atom stereocenters. The minimum Gasteiger partial charge on any atom is -0.355 e. The van der Waals surface area contributed by atoms with Crippen LogP contribution in [0.25, 0.3) is 0 Å². The zero-order valence-electron chi connectivity index (χ0n) is 16.5. The molecule has 3 rings (SSSR count). The fraction of sp³-hybridized carbons (Fsp3) is 0.737. The van der Waals surface area contributed by atoms with Gasteiger partial charge in [-0.2, -0.15) is 5.10 Å². The molecule has 1 aliphatic carbocycles. The standard InChI is InChI=1S/C19H32N6O.HI/c1-15-12-22-25(13-15)11-9-21-19(20-2)23-17-8-10-24(14-17)18(26)16-6-4-3-5-7-16;/h12-13,16-17H,3-11,14H2,1-2H3,(H2,20,21,23);1H. The van der Waals surface area contributed by atoms with Crippen molar-refractivity contribution in [2.45, 2.75) is 58.0 Å². The van der Waals surface area contributed by atoms with E-state index in [0.29, 0.717) is 5.91 Å². The third-order valence-electron chi connectivity index (χ3n) is 5.41. The van der Waals surface area contributed by atoms with Crippen molar-refractivity contribution in [2.24, 2.45) is 10.9 Å². The van der Waals surface area contributed by atoms with Gasteiger partial charge in [0.2, 0.25) is 5.91 Å². The Bertz CT molecular complexity index is 625. The van der Waals surface area contributed by atoms with E-state index in [-0.39, 0.29) is 35.9 Å². The summed E-state index contributed by atoms with van der Waals surface area (Å²) in [6.07, 6.45) is 10.7. The van der Waals surface area contributed by atoms with Gasteiger partial charge < -0.3 is 15.5 Å². The van der Waals surface area contributed by atoms with Crippen LogP contribution in [0.15, 0.2) is 17.4 Å². The second kappa shape index (κ2) is 10.9. The largest absolute Gasteiger partial charge is 0.355 e. The first-order valence-electron chi connectivity index (χ1n) is 9.90. The molecule has 0 spiro atoms. The number of halogens is 1. The zero-order valence-corrected chi connectivity index (χ0v) is 18.8. The third-order valence-corrected chi connectivity index (χ3v) is 5.41. The van der Waals surface area contributed by atoms with E-state index in [4.69, 9.17) is 0 Å². The fourth-order valence-corrected chi connectivity index (χ4v) is 3.95. The summed E-state index contributed by atoms with van der Waals surface area (Å²) in [6.45, 7) is 5.24. The number of guanidine groups is 1. The first-order valence-corrected chi connectivity index (χ1v) is 9.90. The molecule has 0 radical (unpaired) electrons. The molecule has 2 heterocycles. The summed E-state index contributed by atoms with van der Waals surface area (Å²) in [5.41, 5.74) is 1.17. The first-order chi connectivity index (χ1) is 12.7. The highest BCUT2D eigenvalue weighted by molar-refractivity contribution is 14.0. The molecule has 1 saturated heterocycles. The Morgan fingerprint density at radius 3 is 2.74 bits per heavy atom. The predicted octanol–water partition coefficient (Wildman–Crippen LogP) is 2.16. The highest BCUT2D eigenvalue weighted by Crippen LogP contribution is 2.26. The smallest absolute Gasteiger partial charge is 0.225 e. The third kappa shape index (κ3) is 6.36. The number of likely N-dealkylation sites (tertiary alicyclic amines) is 1. The van der Waals surface area contributed by atoms with Gasteiger partial charge in [-0.15, -0.1) is 24.0 Å². The number of nitrogens with one attached hydrogen (secondary N) is 2. The molecule has 2 fully saturated rings. The second-order valence-electron chi connectivity index (χ2n) is 7.53. The number of aryl methyl sites for hydroxylation is 1. The monoisotopic (exact) mass is 488 g/mol. The van der Waals surface area contributed by atoms with E-state index < -0.39 is 0 Å². The van der Waals surface area contributed by atoms with E-state index in [1.165, 1.54) is 24.8 Å². The van der Waals surface area contributed by atoms with Crippen LogP contribution in [0.4, 0.5) is 0 Å². The summed E-state index contributed by atoms with van der Waals surface area (Å²) >= 11 is 0. The number of carbonyl (C=O) groups is 1. The molecule has 1 amide bonds. The lowest BCUT2D eigenvalue weighted by atomic mass is 9.88. The lowest BCUT2D eigenvalue weighted by Crippen LogP contribution is -2.46.